The first-order valence-electron chi connectivity index (χ1n) is 4.97. The minimum absolute atomic E-state index is 0.716. The van der Waals surface area contributed by atoms with Crippen molar-refractivity contribution >= 4 is 16.5 Å². The summed E-state index contributed by atoms with van der Waals surface area (Å²) >= 11 is 1.66. The number of hydrogen-bond donors (Lipinski definition) is 1. The molecule has 1 heterocycles. The maximum absolute atomic E-state index is 5.63. The molecule has 1 aliphatic rings. The molecule has 2 unspecified atom stereocenters. The summed E-state index contributed by atoms with van der Waals surface area (Å²) in [6, 6.07) is 0. The molecular formula is C10H16N2S. The molecule has 0 bridgehead atoms. The molecule has 2 atom stereocenters. The Balaban J connectivity index is 2.08. The molecule has 2 nitrogen and oxygen atoms in total. The summed E-state index contributed by atoms with van der Waals surface area (Å²) in [6.45, 7) is 2.34. The van der Waals surface area contributed by atoms with Crippen LogP contribution in [-0.2, 0) is 0 Å². The maximum atomic E-state index is 5.63. The van der Waals surface area contributed by atoms with Gasteiger partial charge in [0, 0.05) is 11.1 Å². The van der Waals surface area contributed by atoms with Crippen LogP contribution in [0.2, 0.25) is 0 Å². The molecule has 3 heteroatoms. The predicted octanol–water partition coefficient (Wildman–Crippen LogP) is 3.02. The number of nitrogens with zero attached hydrogens (tertiary/aromatic N) is 1. The Labute approximate surface area is 83.2 Å². The van der Waals surface area contributed by atoms with Crippen molar-refractivity contribution in [2.24, 2.45) is 5.92 Å². The monoisotopic (exact) mass is 196 g/mol. The van der Waals surface area contributed by atoms with Gasteiger partial charge in [-0.3, -0.25) is 0 Å². The van der Waals surface area contributed by atoms with E-state index in [0.29, 0.717) is 5.13 Å². The van der Waals surface area contributed by atoms with Gasteiger partial charge in [0.1, 0.15) is 0 Å². The Hall–Kier alpha value is -0.570. The van der Waals surface area contributed by atoms with Crippen LogP contribution in [0.15, 0.2) is 6.20 Å². The number of aromatic nitrogens is 1. The van der Waals surface area contributed by atoms with Gasteiger partial charge in [0.25, 0.3) is 0 Å². The highest BCUT2D eigenvalue weighted by atomic mass is 32.1. The molecule has 2 rings (SSSR count). The Bertz CT molecular complexity index is 282. The third-order valence-electron chi connectivity index (χ3n) is 2.88. The van der Waals surface area contributed by atoms with Crippen molar-refractivity contribution in [2.75, 3.05) is 5.73 Å². The number of rotatable bonds is 1. The number of thiazole rings is 1. The minimum atomic E-state index is 0.716. The van der Waals surface area contributed by atoms with E-state index in [2.05, 4.69) is 11.9 Å². The first kappa shape index (κ1) is 9.00. The second-order valence-electron chi connectivity index (χ2n) is 4.07. The molecule has 1 aromatic rings. The molecule has 13 heavy (non-hydrogen) atoms. The highest BCUT2D eigenvalue weighted by Crippen LogP contribution is 2.38. The molecule has 0 aliphatic heterocycles. The van der Waals surface area contributed by atoms with Gasteiger partial charge in [0.05, 0.1) is 0 Å². The van der Waals surface area contributed by atoms with Crippen molar-refractivity contribution in [3.05, 3.63) is 11.1 Å². The molecule has 1 saturated carbocycles. The quantitative estimate of drug-likeness (QED) is 0.750. The van der Waals surface area contributed by atoms with Crippen LogP contribution in [0.3, 0.4) is 0 Å². The third kappa shape index (κ3) is 2.02. The molecule has 1 aromatic heterocycles. The molecule has 0 radical (unpaired) electrons. The van der Waals surface area contributed by atoms with E-state index in [9.17, 15) is 0 Å². The fourth-order valence-corrected chi connectivity index (χ4v) is 3.02. The van der Waals surface area contributed by atoms with Crippen molar-refractivity contribution in [3.8, 4) is 0 Å². The Morgan fingerprint density at radius 3 is 3.00 bits per heavy atom. The zero-order valence-corrected chi connectivity index (χ0v) is 8.81. The van der Waals surface area contributed by atoms with E-state index in [1.165, 1.54) is 30.6 Å². The highest BCUT2D eigenvalue weighted by Gasteiger charge is 2.21. The van der Waals surface area contributed by atoms with Crippen LogP contribution in [-0.4, -0.2) is 4.98 Å². The maximum Gasteiger partial charge on any atom is 0.180 e. The van der Waals surface area contributed by atoms with Crippen molar-refractivity contribution < 1.29 is 0 Å². The lowest BCUT2D eigenvalue weighted by Gasteiger charge is -2.25. The summed E-state index contributed by atoms with van der Waals surface area (Å²) in [6.07, 6.45) is 7.37. The number of nitrogens with two attached hydrogens (primary N) is 1. The normalized spacial score (nSPS) is 29.0. The van der Waals surface area contributed by atoms with Gasteiger partial charge in [-0.2, -0.15) is 0 Å². The third-order valence-corrected chi connectivity index (χ3v) is 3.87. The molecule has 0 saturated heterocycles. The lowest BCUT2D eigenvalue weighted by Crippen LogP contribution is -2.10. The summed E-state index contributed by atoms with van der Waals surface area (Å²) in [5.41, 5.74) is 5.63. The standard InChI is InChI=1S/C10H16N2S/c1-7-3-2-4-8(5-7)9-6-12-10(11)13-9/h6-8H,2-5H2,1H3,(H2,11,12). The second-order valence-corrected chi connectivity index (χ2v) is 5.16. The van der Waals surface area contributed by atoms with E-state index in [0.717, 1.165) is 11.8 Å². The van der Waals surface area contributed by atoms with Crippen molar-refractivity contribution in [3.63, 3.8) is 0 Å². The van der Waals surface area contributed by atoms with Crippen LogP contribution in [0.1, 0.15) is 43.4 Å². The topological polar surface area (TPSA) is 38.9 Å². The summed E-state index contributed by atoms with van der Waals surface area (Å²) in [7, 11) is 0. The van der Waals surface area contributed by atoms with E-state index in [4.69, 9.17) is 5.73 Å². The summed E-state index contributed by atoms with van der Waals surface area (Å²) < 4.78 is 0. The van der Waals surface area contributed by atoms with E-state index in [-0.39, 0.29) is 0 Å². The summed E-state index contributed by atoms with van der Waals surface area (Å²) in [5.74, 6) is 1.61. The van der Waals surface area contributed by atoms with E-state index < -0.39 is 0 Å². The summed E-state index contributed by atoms with van der Waals surface area (Å²) in [4.78, 5) is 5.51. The average Bonchev–Trinajstić information content (AvgIpc) is 2.52. The van der Waals surface area contributed by atoms with Gasteiger partial charge >= 0.3 is 0 Å². The number of hydrogen-bond acceptors (Lipinski definition) is 3. The van der Waals surface area contributed by atoms with Gasteiger partial charge in [0.2, 0.25) is 0 Å². The Kier molecular flexibility index (Phi) is 2.54. The Morgan fingerprint density at radius 2 is 2.38 bits per heavy atom. The molecule has 1 fully saturated rings. The van der Waals surface area contributed by atoms with Crippen LogP contribution >= 0.6 is 11.3 Å². The lowest BCUT2D eigenvalue weighted by molar-refractivity contribution is 0.347. The first-order valence-corrected chi connectivity index (χ1v) is 5.78. The first-order chi connectivity index (χ1) is 6.25. The van der Waals surface area contributed by atoms with Crippen molar-refractivity contribution in [2.45, 2.75) is 38.5 Å². The Morgan fingerprint density at radius 1 is 1.54 bits per heavy atom. The molecule has 0 spiro atoms. The van der Waals surface area contributed by atoms with Crippen LogP contribution < -0.4 is 5.73 Å². The van der Waals surface area contributed by atoms with Crippen molar-refractivity contribution in [1.29, 1.82) is 0 Å². The number of anilines is 1. The van der Waals surface area contributed by atoms with Gasteiger partial charge in [-0.15, -0.1) is 11.3 Å². The van der Waals surface area contributed by atoms with Gasteiger partial charge < -0.3 is 5.73 Å². The second kappa shape index (κ2) is 3.66. The molecule has 1 aliphatic carbocycles. The van der Waals surface area contributed by atoms with E-state index >= 15 is 0 Å². The number of nitrogen functional groups attached to an aromatic ring is 1. The minimum Gasteiger partial charge on any atom is -0.375 e. The highest BCUT2D eigenvalue weighted by molar-refractivity contribution is 7.15. The van der Waals surface area contributed by atoms with E-state index in [1.807, 2.05) is 6.20 Å². The van der Waals surface area contributed by atoms with Gasteiger partial charge in [-0.05, 0) is 24.7 Å². The van der Waals surface area contributed by atoms with Crippen LogP contribution in [0.25, 0.3) is 0 Å². The van der Waals surface area contributed by atoms with Crippen LogP contribution in [0.4, 0.5) is 5.13 Å². The fourth-order valence-electron chi connectivity index (χ4n) is 2.18. The van der Waals surface area contributed by atoms with E-state index in [1.54, 1.807) is 11.3 Å². The van der Waals surface area contributed by atoms with Gasteiger partial charge in [0.15, 0.2) is 5.13 Å². The SMILES string of the molecule is CC1CCCC(c2cnc(N)s2)C1. The van der Waals surface area contributed by atoms with Crippen molar-refractivity contribution in [1.82, 2.24) is 4.98 Å². The molecule has 0 amide bonds. The largest absolute Gasteiger partial charge is 0.375 e. The molecule has 2 N–H and O–H groups in total. The van der Waals surface area contributed by atoms with Crippen LogP contribution in [0, 0.1) is 5.92 Å². The zero-order chi connectivity index (χ0) is 9.26. The van der Waals surface area contributed by atoms with Crippen LogP contribution in [0.5, 0.6) is 0 Å². The predicted molar refractivity (Wildman–Crippen MR) is 56.9 cm³/mol. The molecule has 72 valence electrons. The average molecular weight is 196 g/mol. The molecule has 0 aromatic carbocycles. The van der Waals surface area contributed by atoms with Gasteiger partial charge in [-0.1, -0.05) is 19.8 Å². The smallest absolute Gasteiger partial charge is 0.180 e. The summed E-state index contributed by atoms with van der Waals surface area (Å²) in [5, 5.41) is 0.716. The lowest BCUT2D eigenvalue weighted by atomic mass is 9.82. The zero-order valence-electron chi connectivity index (χ0n) is 7.99. The van der Waals surface area contributed by atoms with Gasteiger partial charge in [-0.25, -0.2) is 4.98 Å². The fraction of sp³-hybridized carbons (Fsp3) is 0.700. The molecular weight excluding hydrogens is 180 g/mol.